The third kappa shape index (κ3) is 5.62. The molecule has 0 unspecified atom stereocenters. The Morgan fingerprint density at radius 2 is 1.93 bits per heavy atom. The Kier molecular flexibility index (Phi) is 8.43. The van der Waals surface area contributed by atoms with Gasteiger partial charge in [0.15, 0.2) is 5.96 Å². The minimum absolute atomic E-state index is 0. The fourth-order valence-corrected chi connectivity index (χ4v) is 3.19. The Labute approximate surface area is 182 Å². The molecule has 0 saturated carbocycles. The maximum Gasteiger partial charge on any atom is 0.194 e. The normalized spacial score (nSPS) is 14.6. The van der Waals surface area contributed by atoms with Gasteiger partial charge in [-0.2, -0.15) is 0 Å². The van der Waals surface area contributed by atoms with Crippen LogP contribution in [0, 0.1) is 0 Å². The first-order valence-electron chi connectivity index (χ1n) is 8.65. The minimum atomic E-state index is 0. The van der Waals surface area contributed by atoms with Crippen LogP contribution in [0.15, 0.2) is 47.6 Å². The van der Waals surface area contributed by atoms with E-state index in [0.717, 1.165) is 49.1 Å². The van der Waals surface area contributed by atoms with Crippen molar-refractivity contribution in [2.45, 2.75) is 6.54 Å². The lowest BCUT2D eigenvalue weighted by Crippen LogP contribution is -2.52. The van der Waals surface area contributed by atoms with Crippen LogP contribution in [0.25, 0.3) is 0 Å². The molecule has 1 aromatic heterocycles. The highest BCUT2D eigenvalue weighted by atomic mass is 127. The predicted molar refractivity (Wildman–Crippen MR) is 122 cm³/mol. The molecule has 0 aliphatic carbocycles. The van der Waals surface area contributed by atoms with E-state index in [-0.39, 0.29) is 24.0 Å². The van der Waals surface area contributed by atoms with E-state index < -0.39 is 0 Å². The van der Waals surface area contributed by atoms with Crippen molar-refractivity contribution < 1.29 is 4.74 Å². The molecule has 1 saturated heterocycles. The van der Waals surface area contributed by atoms with Crippen molar-refractivity contribution in [1.82, 2.24) is 15.2 Å². The summed E-state index contributed by atoms with van der Waals surface area (Å²) in [4.78, 5) is 13.2. The van der Waals surface area contributed by atoms with Crippen molar-refractivity contribution in [3.05, 3.63) is 53.3 Å². The number of hydrogen-bond donors (Lipinski definition) is 1. The molecule has 146 valence electrons. The van der Waals surface area contributed by atoms with Gasteiger partial charge in [0, 0.05) is 46.0 Å². The van der Waals surface area contributed by atoms with Crippen LogP contribution in [0.1, 0.15) is 5.56 Å². The van der Waals surface area contributed by atoms with Crippen molar-refractivity contribution in [1.29, 1.82) is 0 Å². The molecule has 2 aromatic rings. The van der Waals surface area contributed by atoms with E-state index in [0.29, 0.717) is 11.7 Å². The Bertz CT molecular complexity index is 748. The van der Waals surface area contributed by atoms with Gasteiger partial charge >= 0.3 is 0 Å². The van der Waals surface area contributed by atoms with E-state index >= 15 is 0 Å². The van der Waals surface area contributed by atoms with Crippen molar-refractivity contribution in [2.75, 3.05) is 45.2 Å². The summed E-state index contributed by atoms with van der Waals surface area (Å²) in [6.07, 6.45) is 1.78. The molecule has 8 heteroatoms. The number of para-hydroxylation sites is 2. The maximum atomic E-state index is 5.83. The summed E-state index contributed by atoms with van der Waals surface area (Å²) >= 11 is 5.83. The van der Waals surface area contributed by atoms with E-state index in [2.05, 4.69) is 31.2 Å². The number of piperazine rings is 1. The molecule has 0 amide bonds. The third-order valence-electron chi connectivity index (χ3n) is 4.46. The largest absolute Gasteiger partial charge is 0.495 e. The quantitative estimate of drug-likeness (QED) is 0.302. The fraction of sp³-hybridized carbons (Fsp3) is 0.368. The minimum Gasteiger partial charge on any atom is -0.495 e. The molecule has 1 aliphatic heterocycles. The molecule has 2 heterocycles. The standard InChI is InChI=1S/C19H24ClN5O.HI/c1-21-19(23-14-15-7-8-18(20)22-13-15)25-11-9-24(10-12-25)16-5-3-4-6-17(16)26-2;/h3-8,13H,9-12,14H2,1-2H3,(H,21,23);1H. The number of ether oxygens (including phenoxy) is 1. The van der Waals surface area contributed by atoms with E-state index in [1.807, 2.05) is 31.3 Å². The topological polar surface area (TPSA) is 53.0 Å². The summed E-state index contributed by atoms with van der Waals surface area (Å²) < 4.78 is 5.48. The summed E-state index contributed by atoms with van der Waals surface area (Å²) in [5, 5.41) is 3.91. The molecule has 6 nitrogen and oxygen atoms in total. The van der Waals surface area contributed by atoms with E-state index in [9.17, 15) is 0 Å². The highest BCUT2D eigenvalue weighted by Gasteiger charge is 2.21. The van der Waals surface area contributed by atoms with Crippen LogP contribution in [-0.2, 0) is 6.54 Å². The number of anilines is 1. The van der Waals surface area contributed by atoms with Gasteiger partial charge in [-0.25, -0.2) is 4.98 Å². The van der Waals surface area contributed by atoms with Crippen molar-refractivity contribution in [3.63, 3.8) is 0 Å². The van der Waals surface area contributed by atoms with Gasteiger partial charge in [-0.05, 0) is 23.8 Å². The monoisotopic (exact) mass is 501 g/mol. The SMILES string of the molecule is CN=C(NCc1ccc(Cl)nc1)N1CCN(c2ccccc2OC)CC1.I. The molecule has 3 rings (SSSR count). The Morgan fingerprint density at radius 1 is 1.19 bits per heavy atom. The van der Waals surface area contributed by atoms with Crippen molar-refractivity contribution in [3.8, 4) is 5.75 Å². The number of benzene rings is 1. The number of aliphatic imine (C=N–C) groups is 1. The summed E-state index contributed by atoms with van der Waals surface area (Å²) in [5.74, 6) is 1.82. The Balaban J connectivity index is 0.00000261. The van der Waals surface area contributed by atoms with E-state index in [1.165, 1.54) is 0 Å². The molecule has 1 aliphatic rings. The Hall–Kier alpha value is -1.74. The van der Waals surface area contributed by atoms with Crippen LogP contribution in [0.4, 0.5) is 5.69 Å². The lowest BCUT2D eigenvalue weighted by atomic mass is 10.2. The number of hydrogen-bond acceptors (Lipinski definition) is 4. The molecule has 1 N–H and O–H groups in total. The van der Waals surface area contributed by atoms with Gasteiger partial charge in [-0.1, -0.05) is 29.8 Å². The van der Waals surface area contributed by atoms with Crippen LogP contribution in [-0.4, -0.2) is 56.2 Å². The number of methoxy groups -OCH3 is 1. The van der Waals surface area contributed by atoms with Gasteiger partial charge < -0.3 is 19.9 Å². The van der Waals surface area contributed by atoms with Crippen LogP contribution in [0.2, 0.25) is 5.15 Å². The lowest BCUT2D eigenvalue weighted by molar-refractivity contribution is 0.367. The smallest absolute Gasteiger partial charge is 0.194 e. The van der Waals surface area contributed by atoms with E-state index in [4.69, 9.17) is 16.3 Å². The summed E-state index contributed by atoms with van der Waals surface area (Å²) in [6, 6.07) is 11.9. The fourth-order valence-electron chi connectivity index (χ4n) is 3.07. The van der Waals surface area contributed by atoms with Crippen molar-refractivity contribution in [2.24, 2.45) is 4.99 Å². The number of pyridine rings is 1. The van der Waals surface area contributed by atoms with Gasteiger partial charge in [0.05, 0.1) is 12.8 Å². The molecular weight excluding hydrogens is 477 g/mol. The third-order valence-corrected chi connectivity index (χ3v) is 4.68. The number of nitrogens with zero attached hydrogens (tertiary/aromatic N) is 4. The highest BCUT2D eigenvalue weighted by molar-refractivity contribution is 14.0. The second-order valence-electron chi connectivity index (χ2n) is 6.04. The summed E-state index contributed by atoms with van der Waals surface area (Å²) in [6.45, 7) is 4.31. The molecule has 0 atom stereocenters. The van der Waals surface area contributed by atoms with Crippen molar-refractivity contribution >= 4 is 47.2 Å². The van der Waals surface area contributed by atoms with Gasteiger partial charge in [-0.15, -0.1) is 24.0 Å². The number of guanidine groups is 1. The molecule has 27 heavy (non-hydrogen) atoms. The highest BCUT2D eigenvalue weighted by Crippen LogP contribution is 2.28. The molecule has 1 fully saturated rings. The first-order valence-corrected chi connectivity index (χ1v) is 9.03. The number of nitrogens with one attached hydrogen (secondary N) is 1. The molecular formula is C19H25ClIN5O. The van der Waals surface area contributed by atoms with E-state index in [1.54, 1.807) is 19.4 Å². The van der Waals surface area contributed by atoms with Gasteiger partial charge in [0.2, 0.25) is 0 Å². The number of rotatable bonds is 4. The molecule has 0 bridgehead atoms. The first-order chi connectivity index (χ1) is 12.7. The van der Waals surface area contributed by atoms with Crippen LogP contribution >= 0.6 is 35.6 Å². The lowest BCUT2D eigenvalue weighted by Gasteiger charge is -2.38. The maximum absolute atomic E-state index is 5.83. The number of halogens is 2. The number of aromatic nitrogens is 1. The molecule has 0 radical (unpaired) electrons. The average Bonchev–Trinajstić information content (AvgIpc) is 2.70. The second kappa shape index (κ2) is 10.6. The average molecular weight is 502 g/mol. The predicted octanol–water partition coefficient (Wildman–Crippen LogP) is 3.26. The van der Waals surface area contributed by atoms with Crippen LogP contribution in [0.3, 0.4) is 0 Å². The first kappa shape index (κ1) is 21.6. The van der Waals surface area contributed by atoms with Gasteiger partial charge in [0.1, 0.15) is 10.9 Å². The second-order valence-corrected chi connectivity index (χ2v) is 6.42. The zero-order valence-corrected chi connectivity index (χ0v) is 18.6. The molecule has 1 aromatic carbocycles. The summed E-state index contributed by atoms with van der Waals surface area (Å²) in [7, 11) is 3.53. The van der Waals surface area contributed by atoms with Crippen LogP contribution in [0.5, 0.6) is 5.75 Å². The van der Waals surface area contributed by atoms with Gasteiger partial charge in [-0.3, -0.25) is 4.99 Å². The Morgan fingerprint density at radius 3 is 2.56 bits per heavy atom. The molecule has 0 spiro atoms. The zero-order valence-electron chi connectivity index (χ0n) is 15.6. The summed E-state index contributed by atoms with van der Waals surface area (Å²) in [5.41, 5.74) is 2.22. The van der Waals surface area contributed by atoms with Gasteiger partial charge in [0.25, 0.3) is 0 Å². The van der Waals surface area contributed by atoms with Crippen LogP contribution < -0.4 is 15.0 Å². The zero-order chi connectivity index (χ0) is 18.4.